The van der Waals surface area contributed by atoms with Crippen LogP contribution in [0.2, 0.25) is 0 Å². The average molecular weight is 638 g/mol. The van der Waals surface area contributed by atoms with E-state index in [0.29, 0.717) is 0 Å². The summed E-state index contributed by atoms with van der Waals surface area (Å²) < 4.78 is 6.74. The highest BCUT2D eigenvalue weighted by Gasteiger charge is 2.22. The van der Waals surface area contributed by atoms with E-state index in [-0.39, 0.29) is 0 Å². The van der Waals surface area contributed by atoms with Crippen LogP contribution >= 0.6 is 0 Å². The van der Waals surface area contributed by atoms with E-state index in [1.165, 1.54) is 54.6 Å². The number of furan rings is 1. The summed E-state index contributed by atoms with van der Waals surface area (Å²) in [5.74, 6) is 0. The molecule has 0 aliphatic carbocycles. The van der Waals surface area contributed by atoms with E-state index in [0.717, 1.165) is 39.0 Å². The van der Waals surface area contributed by atoms with Gasteiger partial charge in [0.05, 0.1) is 5.69 Å². The third kappa shape index (κ3) is 4.73. The van der Waals surface area contributed by atoms with Crippen molar-refractivity contribution in [2.45, 2.75) is 0 Å². The largest absolute Gasteiger partial charge is 0.454 e. The lowest BCUT2D eigenvalue weighted by molar-refractivity contribution is 0.669. The van der Waals surface area contributed by atoms with Gasteiger partial charge in [-0.25, -0.2) is 0 Å². The van der Waals surface area contributed by atoms with Crippen molar-refractivity contribution in [2.75, 3.05) is 4.90 Å². The molecule has 0 spiro atoms. The molecule has 50 heavy (non-hydrogen) atoms. The molecule has 234 valence electrons. The summed E-state index contributed by atoms with van der Waals surface area (Å²) >= 11 is 0. The summed E-state index contributed by atoms with van der Waals surface area (Å²) in [6.07, 6.45) is 0. The van der Waals surface area contributed by atoms with Crippen LogP contribution in [0.1, 0.15) is 0 Å². The molecule has 0 aliphatic heterocycles. The van der Waals surface area contributed by atoms with E-state index in [1.807, 2.05) is 6.07 Å². The molecular weight excluding hydrogens is 607 g/mol. The van der Waals surface area contributed by atoms with Gasteiger partial charge in [0, 0.05) is 22.1 Å². The van der Waals surface area contributed by atoms with Crippen LogP contribution in [0.3, 0.4) is 0 Å². The maximum absolute atomic E-state index is 6.74. The Morgan fingerprint density at radius 2 is 0.800 bits per heavy atom. The van der Waals surface area contributed by atoms with E-state index in [4.69, 9.17) is 4.42 Å². The zero-order valence-corrected chi connectivity index (χ0v) is 27.3. The highest BCUT2D eigenvalue weighted by molar-refractivity contribution is 6.23. The summed E-state index contributed by atoms with van der Waals surface area (Å²) in [4.78, 5) is 2.34. The topological polar surface area (TPSA) is 16.4 Å². The average Bonchev–Trinajstić information content (AvgIpc) is 3.59. The molecule has 0 amide bonds. The fourth-order valence-electron chi connectivity index (χ4n) is 7.49. The fraction of sp³-hybridized carbons (Fsp3) is 0. The second-order valence-electron chi connectivity index (χ2n) is 13.0. The molecule has 0 atom stereocenters. The lowest BCUT2D eigenvalue weighted by Gasteiger charge is -2.26. The van der Waals surface area contributed by atoms with Gasteiger partial charge in [0.15, 0.2) is 5.58 Å². The summed E-state index contributed by atoms with van der Waals surface area (Å²) in [5, 5.41) is 9.60. The zero-order valence-electron chi connectivity index (χ0n) is 27.3. The predicted molar refractivity (Wildman–Crippen MR) is 212 cm³/mol. The second-order valence-corrected chi connectivity index (χ2v) is 13.0. The third-order valence-electron chi connectivity index (χ3n) is 10.0. The molecule has 0 fully saturated rings. The van der Waals surface area contributed by atoms with E-state index >= 15 is 0 Å². The third-order valence-corrected chi connectivity index (χ3v) is 10.0. The highest BCUT2D eigenvalue weighted by atomic mass is 16.3. The summed E-state index contributed by atoms with van der Waals surface area (Å²) in [7, 11) is 0. The van der Waals surface area contributed by atoms with Gasteiger partial charge in [-0.3, -0.25) is 0 Å². The number of nitrogens with zero attached hydrogens (tertiary/aromatic N) is 1. The van der Waals surface area contributed by atoms with Gasteiger partial charge < -0.3 is 9.32 Å². The van der Waals surface area contributed by atoms with Gasteiger partial charge >= 0.3 is 0 Å². The Kier molecular flexibility index (Phi) is 6.53. The van der Waals surface area contributed by atoms with Crippen molar-refractivity contribution in [3.63, 3.8) is 0 Å². The first kappa shape index (κ1) is 28.4. The minimum absolute atomic E-state index is 0.877. The molecule has 0 saturated heterocycles. The number of fused-ring (bicyclic) bond motifs is 7. The molecule has 10 rings (SSSR count). The van der Waals surface area contributed by atoms with Crippen LogP contribution < -0.4 is 4.90 Å². The fourth-order valence-corrected chi connectivity index (χ4v) is 7.49. The van der Waals surface area contributed by atoms with Crippen molar-refractivity contribution in [1.82, 2.24) is 0 Å². The SMILES string of the molecule is c1ccc2cc(-c3ccc(N(c4ccc(-c5ccc6ccccc6c5)cc4)c4cc5ccccc5c5c4oc4ccccc45)cc3)ccc2c1. The molecule has 0 bridgehead atoms. The van der Waals surface area contributed by atoms with Gasteiger partial charge in [-0.05, 0) is 103 Å². The maximum Gasteiger partial charge on any atom is 0.160 e. The van der Waals surface area contributed by atoms with Gasteiger partial charge in [-0.2, -0.15) is 0 Å². The minimum Gasteiger partial charge on any atom is -0.454 e. The van der Waals surface area contributed by atoms with E-state index in [1.54, 1.807) is 0 Å². The highest BCUT2D eigenvalue weighted by Crippen LogP contribution is 2.46. The smallest absolute Gasteiger partial charge is 0.160 e. The first-order chi connectivity index (χ1) is 24.8. The van der Waals surface area contributed by atoms with E-state index < -0.39 is 0 Å². The lowest BCUT2D eigenvalue weighted by atomic mass is 9.99. The van der Waals surface area contributed by atoms with Crippen molar-refractivity contribution in [1.29, 1.82) is 0 Å². The van der Waals surface area contributed by atoms with Gasteiger partial charge in [0.25, 0.3) is 0 Å². The molecule has 9 aromatic carbocycles. The first-order valence-corrected chi connectivity index (χ1v) is 17.1. The standard InChI is InChI=1S/C48H31NO/c1-3-11-36-29-38(19-17-32(36)9-1)34-21-25-41(26-22-34)49(42-27-23-35(24-28-42)39-20-18-33-10-2-4-12-37(33)30-39)45-31-40-13-5-6-14-43(40)47-44-15-7-8-16-46(44)50-48(45)47/h1-31H. The van der Waals surface area contributed by atoms with Gasteiger partial charge in [-0.15, -0.1) is 0 Å². The molecule has 0 aliphatic rings. The second kappa shape index (κ2) is 11.5. The van der Waals surface area contributed by atoms with Crippen LogP contribution in [0.15, 0.2) is 192 Å². The van der Waals surface area contributed by atoms with E-state index in [9.17, 15) is 0 Å². The van der Waals surface area contributed by atoms with Crippen molar-refractivity contribution in [2.24, 2.45) is 0 Å². The van der Waals surface area contributed by atoms with Crippen LogP contribution in [-0.2, 0) is 0 Å². The van der Waals surface area contributed by atoms with Crippen molar-refractivity contribution in [3.8, 4) is 22.3 Å². The Morgan fingerprint density at radius 1 is 0.340 bits per heavy atom. The number of para-hydroxylation sites is 1. The normalized spacial score (nSPS) is 11.6. The van der Waals surface area contributed by atoms with Crippen LogP contribution in [0, 0.1) is 0 Å². The molecule has 0 radical (unpaired) electrons. The lowest BCUT2D eigenvalue weighted by Crippen LogP contribution is -2.10. The van der Waals surface area contributed by atoms with Gasteiger partial charge in [0.2, 0.25) is 0 Å². The Bertz CT molecular complexity index is 2740. The van der Waals surface area contributed by atoms with Gasteiger partial charge in [0.1, 0.15) is 5.58 Å². The number of benzene rings is 9. The molecular formula is C48H31NO. The van der Waals surface area contributed by atoms with Crippen LogP contribution in [0.4, 0.5) is 17.1 Å². The van der Waals surface area contributed by atoms with Crippen LogP contribution in [0.5, 0.6) is 0 Å². The Morgan fingerprint density at radius 3 is 1.38 bits per heavy atom. The number of anilines is 3. The summed E-state index contributed by atoms with van der Waals surface area (Å²) in [6.45, 7) is 0. The summed E-state index contributed by atoms with van der Waals surface area (Å²) in [5.41, 5.74) is 9.65. The number of hydrogen-bond acceptors (Lipinski definition) is 2. The Balaban J connectivity index is 1.15. The molecule has 0 saturated carbocycles. The minimum atomic E-state index is 0.877. The monoisotopic (exact) mass is 637 g/mol. The van der Waals surface area contributed by atoms with Crippen molar-refractivity contribution < 1.29 is 4.42 Å². The molecule has 0 unspecified atom stereocenters. The van der Waals surface area contributed by atoms with Crippen LogP contribution in [0.25, 0.3) is 76.5 Å². The number of hydrogen-bond donors (Lipinski definition) is 0. The maximum atomic E-state index is 6.74. The molecule has 2 heteroatoms. The summed E-state index contributed by atoms with van der Waals surface area (Å²) in [6, 6.07) is 67.5. The molecule has 2 nitrogen and oxygen atoms in total. The predicted octanol–water partition coefficient (Wildman–Crippen LogP) is 13.8. The molecule has 10 aromatic rings. The first-order valence-electron chi connectivity index (χ1n) is 17.1. The quantitative estimate of drug-likeness (QED) is 0.187. The van der Waals surface area contributed by atoms with E-state index in [2.05, 4.69) is 187 Å². The van der Waals surface area contributed by atoms with Crippen LogP contribution in [-0.4, -0.2) is 0 Å². The molecule has 1 aromatic heterocycles. The Labute approximate surface area is 290 Å². The van der Waals surface area contributed by atoms with Crippen molar-refractivity contribution in [3.05, 3.63) is 188 Å². The van der Waals surface area contributed by atoms with Gasteiger partial charge in [-0.1, -0.05) is 140 Å². The molecule has 0 N–H and O–H groups in total. The zero-order chi connectivity index (χ0) is 33.0. The number of rotatable bonds is 5. The van der Waals surface area contributed by atoms with Crippen molar-refractivity contribution >= 4 is 71.3 Å². The Hall–Kier alpha value is -6.64. The molecule has 1 heterocycles.